The summed E-state index contributed by atoms with van der Waals surface area (Å²) in [7, 11) is 0. The summed E-state index contributed by atoms with van der Waals surface area (Å²) in [6.45, 7) is 3.25. The van der Waals surface area contributed by atoms with Crippen molar-refractivity contribution in [1.82, 2.24) is 0 Å². The molecule has 1 aliphatic rings. The molecule has 1 rings (SSSR count). The molecule has 0 unspecified atom stereocenters. The summed E-state index contributed by atoms with van der Waals surface area (Å²) in [5.41, 5.74) is 0. The van der Waals surface area contributed by atoms with Gasteiger partial charge in [-0.2, -0.15) is 0 Å². The minimum atomic E-state index is 0. The van der Waals surface area contributed by atoms with Crippen molar-refractivity contribution in [3.05, 3.63) is 24.3 Å². The van der Waals surface area contributed by atoms with Gasteiger partial charge in [0.2, 0.25) is 0 Å². The molecule has 0 fully saturated rings. The molecule has 0 saturated heterocycles. The monoisotopic (exact) mass is 153 g/mol. The molecular weight excluding hydrogens is 147 g/mol. The van der Waals surface area contributed by atoms with Gasteiger partial charge in [0.15, 0.2) is 0 Å². The standard InChI is InChI=1S/C5H6.CHO.Ni/c1-2-4-5-3-1;1-2;/h1-4H,5H2;1H;/q;-1;. The first-order valence-electron chi connectivity index (χ1n) is 2.05. The Morgan fingerprint density at radius 1 is 1.12 bits per heavy atom. The van der Waals surface area contributed by atoms with Gasteiger partial charge in [-0.1, -0.05) is 24.3 Å². The third-order valence-electron chi connectivity index (χ3n) is 0.655. The van der Waals surface area contributed by atoms with Crippen molar-refractivity contribution in [3.8, 4) is 0 Å². The predicted molar refractivity (Wildman–Crippen MR) is 29.6 cm³/mol. The molecule has 0 saturated carbocycles. The average molecular weight is 154 g/mol. The van der Waals surface area contributed by atoms with E-state index in [9.17, 15) is 0 Å². The van der Waals surface area contributed by atoms with E-state index in [0.717, 1.165) is 6.42 Å². The Bertz CT molecular complexity index is 76.5. The average Bonchev–Trinajstić information content (AvgIpc) is 2.23. The van der Waals surface area contributed by atoms with E-state index in [1.807, 2.05) is 0 Å². The van der Waals surface area contributed by atoms with Crippen LogP contribution in [0.5, 0.6) is 0 Å². The van der Waals surface area contributed by atoms with E-state index in [1.54, 1.807) is 0 Å². The fourth-order valence-corrected chi connectivity index (χ4v) is 0.393. The van der Waals surface area contributed by atoms with Crippen LogP contribution in [0.1, 0.15) is 6.42 Å². The predicted octanol–water partition coefficient (Wildman–Crippen LogP) is 1.23. The van der Waals surface area contributed by atoms with Gasteiger partial charge in [-0.3, -0.25) is 6.79 Å². The van der Waals surface area contributed by atoms with Gasteiger partial charge in [-0.15, -0.1) is 0 Å². The summed E-state index contributed by atoms with van der Waals surface area (Å²) in [5, 5.41) is 0. The first-order chi connectivity index (χ1) is 3.50. The van der Waals surface area contributed by atoms with E-state index in [-0.39, 0.29) is 16.5 Å². The maximum Gasteiger partial charge on any atom is 0 e. The van der Waals surface area contributed by atoms with Crippen LogP contribution in [0.4, 0.5) is 0 Å². The van der Waals surface area contributed by atoms with Gasteiger partial charge in [-0.25, -0.2) is 0 Å². The van der Waals surface area contributed by atoms with Gasteiger partial charge in [0, 0.05) is 16.5 Å². The first kappa shape index (κ1) is 10.6. The van der Waals surface area contributed by atoms with Gasteiger partial charge in [0.25, 0.3) is 0 Å². The van der Waals surface area contributed by atoms with Crippen LogP contribution >= 0.6 is 0 Å². The number of carbonyl (C=O) groups excluding carboxylic acids is 1. The van der Waals surface area contributed by atoms with E-state index in [2.05, 4.69) is 31.1 Å². The summed E-state index contributed by atoms with van der Waals surface area (Å²) >= 11 is 0. The second kappa shape index (κ2) is 9.81. The number of allylic oxidation sites excluding steroid dienone is 4. The van der Waals surface area contributed by atoms with E-state index in [1.165, 1.54) is 0 Å². The Morgan fingerprint density at radius 3 is 1.62 bits per heavy atom. The molecular formula is C6H7NiO-. The molecule has 0 aromatic heterocycles. The fraction of sp³-hybridized carbons (Fsp3) is 0.167. The molecule has 0 spiro atoms. The van der Waals surface area contributed by atoms with Crippen LogP contribution in [-0.2, 0) is 21.3 Å². The van der Waals surface area contributed by atoms with Crippen molar-refractivity contribution in [2.45, 2.75) is 6.42 Å². The third-order valence-corrected chi connectivity index (χ3v) is 0.655. The van der Waals surface area contributed by atoms with Crippen molar-refractivity contribution in [2.75, 3.05) is 0 Å². The summed E-state index contributed by atoms with van der Waals surface area (Å²) in [5.74, 6) is 0. The summed E-state index contributed by atoms with van der Waals surface area (Å²) in [6, 6.07) is 0. The van der Waals surface area contributed by atoms with E-state index in [0.29, 0.717) is 0 Å². The second-order valence-electron chi connectivity index (χ2n) is 1.09. The molecule has 48 valence electrons. The van der Waals surface area contributed by atoms with Crippen LogP contribution in [0.3, 0.4) is 0 Å². The molecule has 0 aliphatic heterocycles. The van der Waals surface area contributed by atoms with Crippen LogP contribution in [0.15, 0.2) is 24.3 Å². The summed E-state index contributed by atoms with van der Waals surface area (Å²) in [4.78, 5) is 7.75. The molecule has 0 N–H and O–H groups in total. The zero-order valence-corrected chi connectivity index (χ0v) is 5.31. The van der Waals surface area contributed by atoms with Crippen LogP contribution in [0.25, 0.3) is 0 Å². The zero-order chi connectivity index (χ0) is 5.54. The maximum absolute atomic E-state index is 7.75. The Balaban J connectivity index is 0. The quantitative estimate of drug-likeness (QED) is 0.291. The summed E-state index contributed by atoms with van der Waals surface area (Å²) < 4.78 is 0. The van der Waals surface area contributed by atoms with E-state index < -0.39 is 0 Å². The van der Waals surface area contributed by atoms with Gasteiger partial charge >= 0.3 is 0 Å². The third kappa shape index (κ3) is 5.64. The van der Waals surface area contributed by atoms with E-state index in [4.69, 9.17) is 4.79 Å². The van der Waals surface area contributed by atoms with Crippen LogP contribution < -0.4 is 0 Å². The zero-order valence-electron chi connectivity index (χ0n) is 4.32. The van der Waals surface area contributed by atoms with Gasteiger partial charge in [0.05, 0.1) is 0 Å². The molecule has 0 amide bonds. The van der Waals surface area contributed by atoms with Crippen molar-refractivity contribution in [1.29, 1.82) is 0 Å². The van der Waals surface area contributed by atoms with Gasteiger partial charge < -0.3 is 4.79 Å². The van der Waals surface area contributed by atoms with Crippen LogP contribution in [-0.4, -0.2) is 6.79 Å². The molecule has 8 heavy (non-hydrogen) atoms. The Hall–Kier alpha value is -0.356. The molecule has 1 aliphatic carbocycles. The van der Waals surface area contributed by atoms with Crippen LogP contribution in [0.2, 0.25) is 0 Å². The van der Waals surface area contributed by atoms with Crippen molar-refractivity contribution in [3.63, 3.8) is 0 Å². The molecule has 0 atom stereocenters. The number of hydrogen-bond acceptors (Lipinski definition) is 1. The minimum absolute atomic E-state index is 0. The minimum Gasteiger partial charge on any atom is -0.545 e. The second-order valence-corrected chi connectivity index (χ2v) is 1.09. The van der Waals surface area contributed by atoms with Crippen molar-refractivity contribution >= 4 is 6.79 Å². The van der Waals surface area contributed by atoms with Crippen LogP contribution in [0, 0.1) is 0 Å². The largest absolute Gasteiger partial charge is 0.545 e. The molecule has 0 aromatic carbocycles. The SMILES string of the molecule is C1=CCC=C1.[CH-]=O.[Ni]. The Kier molecular flexibility index (Phi) is 13.0. The summed E-state index contributed by atoms with van der Waals surface area (Å²) in [6.07, 6.45) is 9.50. The molecule has 0 radical (unpaired) electrons. The Morgan fingerprint density at radius 2 is 1.50 bits per heavy atom. The first-order valence-corrected chi connectivity index (χ1v) is 2.05. The number of hydrogen-bond donors (Lipinski definition) is 0. The van der Waals surface area contributed by atoms with Gasteiger partial charge in [0.1, 0.15) is 0 Å². The smallest absolute Gasteiger partial charge is 0 e. The molecule has 1 nitrogen and oxygen atoms in total. The van der Waals surface area contributed by atoms with Crippen molar-refractivity contribution < 1.29 is 21.3 Å². The topological polar surface area (TPSA) is 17.1 Å². The maximum atomic E-state index is 7.75. The number of rotatable bonds is 0. The molecule has 0 heterocycles. The van der Waals surface area contributed by atoms with Crippen molar-refractivity contribution in [2.24, 2.45) is 0 Å². The normalized spacial score (nSPS) is 11.5. The van der Waals surface area contributed by atoms with Gasteiger partial charge in [-0.05, 0) is 6.42 Å². The molecule has 0 bridgehead atoms. The fourth-order valence-electron chi connectivity index (χ4n) is 0.393. The molecule has 2 heteroatoms. The molecule has 0 aromatic rings. The Labute approximate surface area is 59.4 Å². The van der Waals surface area contributed by atoms with E-state index >= 15 is 0 Å².